The molecular formula is C49H80O10. The van der Waals surface area contributed by atoms with E-state index in [2.05, 4.69) is 86.8 Å². The van der Waals surface area contributed by atoms with Crippen molar-refractivity contribution in [1.29, 1.82) is 0 Å². The highest BCUT2D eigenvalue weighted by atomic mass is 16.7. The standard InChI is InChI=1S/C49H80O10/c1-3-5-7-9-11-13-15-17-19-20-21-22-24-25-27-29-31-33-35-37-44(51)56-40-42(41-57-49-48(55)47(54)46(53)43(39-50)59-49)58-45(52)38-36-34-32-30-28-26-23-18-16-14-12-10-8-6-4-2/h11-14,17-19,21-23,25,27,31,33,42-43,46-50,53-55H,3-10,15-16,20,24,26,28-30,32,34-41H2,1-2H3/b13-11+,14-12+,19-17+,22-21+,23-18+,27-25+,33-31+/t42-,43-,46+,47?,48?,49-/m0/s1. The Morgan fingerprint density at radius 1 is 0.525 bits per heavy atom. The summed E-state index contributed by atoms with van der Waals surface area (Å²) in [6.45, 7) is 3.26. The van der Waals surface area contributed by atoms with Crippen molar-refractivity contribution in [1.82, 2.24) is 0 Å². The molecule has 2 unspecified atom stereocenters. The molecular weight excluding hydrogens is 749 g/mol. The van der Waals surface area contributed by atoms with Crippen molar-refractivity contribution in [2.24, 2.45) is 0 Å². The van der Waals surface area contributed by atoms with Gasteiger partial charge in [0.15, 0.2) is 12.4 Å². The molecule has 0 aromatic carbocycles. The molecule has 0 aromatic rings. The van der Waals surface area contributed by atoms with Gasteiger partial charge in [0.25, 0.3) is 0 Å². The summed E-state index contributed by atoms with van der Waals surface area (Å²) in [6, 6.07) is 0. The molecule has 0 radical (unpaired) electrons. The highest BCUT2D eigenvalue weighted by Crippen LogP contribution is 2.22. The van der Waals surface area contributed by atoms with E-state index in [1.54, 1.807) is 0 Å². The molecule has 1 aliphatic rings. The van der Waals surface area contributed by atoms with Crippen molar-refractivity contribution in [3.8, 4) is 0 Å². The molecule has 10 heteroatoms. The van der Waals surface area contributed by atoms with E-state index in [1.807, 2.05) is 12.2 Å². The Morgan fingerprint density at radius 3 is 1.49 bits per heavy atom. The van der Waals surface area contributed by atoms with Crippen molar-refractivity contribution < 1.29 is 49.0 Å². The largest absolute Gasteiger partial charge is 0.462 e. The molecule has 0 aromatic heterocycles. The van der Waals surface area contributed by atoms with Gasteiger partial charge in [0, 0.05) is 12.8 Å². The molecule has 4 N–H and O–H groups in total. The van der Waals surface area contributed by atoms with Crippen LogP contribution in [0.5, 0.6) is 0 Å². The quantitative estimate of drug-likeness (QED) is 0.0273. The lowest BCUT2D eigenvalue weighted by atomic mass is 9.99. The van der Waals surface area contributed by atoms with Crippen LogP contribution >= 0.6 is 0 Å². The number of hydrogen-bond donors (Lipinski definition) is 4. The summed E-state index contributed by atoms with van der Waals surface area (Å²) < 4.78 is 22.1. The van der Waals surface area contributed by atoms with Crippen LogP contribution < -0.4 is 0 Å². The number of ether oxygens (including phenoxy) is 4. The molecule has 6 atom stereocenters. The van der Waals surface area contributed by atoms with E-state index >= 15 is 0 Å². The number of rotatable bonds is 36. The molecule has 1 fully saturated rings. The number of carbonyl (C=O) groups is 2. The van der Waals surface area contributed by atoms with Crippen molar-refractivity contribution in [2.75, 3.05) is 19.8 Å². The fourth-order valence-electron chi connectivity index (χ4n) is 6.14. The number of esters is 2. The van der Waals surface area contributed by atoms with Crippen LogP contribution in [-0.2, 0) is 28.5 Å². The van der Waals surface area contributed by atoms with Crippen LogP contribution in [0.3, 0.4) is 0 Å². The van der Waals surface area contributed by atoms with Crippen LogP contribution in [0.2, 0.25) is 0 Å². The van der Waals surface area contributed by atoms with E-state index < -0.39 is 55.4 Å². The lowest BCUT2D eigenvalue weighted by Gasteiger charge is -2.39. The Morgan fingerprint density at radius 2 is 0.983 bits per heavy atom. The summed E-state index contributed by atoms with van der Waals surface area (Å²) in [7, 11) is 0. The molecule has 0 bridgehead atoms. The van der Waals surface area contributed by atoms with Gasteiger partial charge in [-0.25, -0.2) is 0 Å². The van der Waals surface area contributed by atoms with Crippen molar-refractivity contribution >= 4 is 11.9 Å². The number of unbranched alkanes of at least 4 members (excludes halogenated alkanes) is 11. The fraction of sp³-hybridized carbons (Fsp3) is 0.673. The lowest BCUT2D eigenvalue weighted by Crippen LogP contribution is -2.59. The van der Waals surface area contributed by atoms with Gasteiger partial charge in [-0.1, -0.05) is 144 Å². The topological polar surface area (TPSA) is 152 Å². The second kappa shape index (κ2) is 39.0. The summed E-state index contributed by atoms with van der Waals surface area (Å²) >= 11 is 0. The summed E-state index contributed by atoms with van der Waals surface area (Å²) in [4.78, 5) is 25.3. The van der Waals surface area contributed by atoms with Crippen LogP contribution in [0.1, 0.15) is 155 Å². The van der Waals surface area contributed by atoms with E-state index in [1.165, 1.54) is 44.9 Å². The third-order valence-electron chi connectivity index (χ3n) is 9.77. The number of allylic oxidation sites excluding steroid dienone is 14. The molecule has 0 saturated carbocycles. The van der Waals surface area contributed by atoms with Gasteiger partial charge < -0.3 is 39.4 Å². The third kappa shape index (κ3) is 30.5. The Hall–Kier alpha value is -3.12. The molecule has 0 amide bonds. The van der Waals surface area contributed by atoms with Gasteiger partial charge in [0.2, 0.25) is 0 Å². The average Bonchev–Trinajstić information content (AvgIpc) is 3.23. The van der Waals surface area contributed by atoms with Gasteiger partial charge >= 0.3 is 11.9 Å². The third-order valence-corrected chi connectivity index (χ3v) is 9.77. The van der Waals surface area contributed by atoms with Crippen LogP contribution in [-0.4, -0.2) is 89.0 Å². The molecule has 10 nitrogen and oxygen atoms in total. The zero-order chi connectivity index (χ0) is 43.0. The van der Waals surface area contributed by atoms with E-state index in [0.717, 1.165) is 70.6 Å². The Bertz CT molecular complexity index is 1230. The second-order valence-electron chi connectivity index (χ2n) is 15.1. The fourth-order valence-corrected chi connectivity index (χ4v) is 6.14. The number of hydrogen-bond acceptors (Lipinski definition) is 10. The van der Waals surface area contributed by atoms with Gasteiger partial charge in [0.1, 0.15) is 31.0 Å². The summed E-state index contributed by atoms with van der Waals surface area (Å²) in [6.07, 6.45) is 43.1. The zero-order valence-electron chi connectivity index (χ0n) is 36.5. The SMILES string of the molecule is CCCCC/C=C/C/C=C/C/C=C/C/C=C/C/C=C/CCC(=O)OC[C@@H](CO[C@H]1O[C@@H](CO)[C@@H](O)C(O)C1O)OC(=O)CCCCCCC/C=C/C/C=C/CCCCC. The maximum absolute atomic E-state index is 12.8. The van der Waals surface area contributed by atoms with Crippen LogP contribution in [0.25, 0.3) is 0 Å². The first kappa shape index (κ1) is 53.9. The predicted octanol–water partition coefficient (Wildman–Crippen LogP) is 9.77. The van der Waals surface area contributed by atoms with Crippen molar-refractivity contribution in [3.05, 3.63) is 85.1 Å². The summed E-state index contributed by atoms with van der Waals surface area (Å²) in [5.74, 6) is -0.927. The van der Waals surface area contributed by atoms with E-state index in [0.29, 0.717) is 12.8 Å². The average molecular weight is 829 g/mol. The predicted molar refractivity (Wildman–Crippen MR) is 237 cm³/mol. The van der Waals surface area contributed by atoms with Gasteiger partial charge in [-0.15, -0.1) is 0 Å². The molecule has 0 spiro atoms. The smallest absolute Gasteiger partial charge is 0.306 e. The maximum atomic E-state index is 12.8. The van der Waals surface area contributed by atoms with E-state index in [4.69, 9.17) is 18.9 Å². The minimum absolute atomic E-state index is 0.144. The Kier molecular flexibility index (Phi) is 35.7. The first-order valence-corrected chi connectivity index (χ1v) is 22.7. The molecule has 1 rings (SSSR count). The van der Waals surface area contributed by atoms with Crippen molar-refractivity contribution in [3.63, 3.8) is 0 Å². The normalized spacial score (nSPS) is 20.8. The van der Waals surface area contributed by atoms with Crippen LogP contribution in [0.15, 0.2) is 85.1 Å². The number of aliphatic hydroxyl groups excluding tert-OH is 4. The summed E-state index contributed by atoms with van der Waals surface area (Å²) in [5, 5.41) is 40.1. The highest BCUT2D eigenvalue weighted by molar-refractivity contribution is 5.70. The zero-order valence-corrected chi connectivity index (χ0v) is 36.5. The minimum atomic E-state index is -1.61. The lowest BCUT2D eigenvalue weighted by molar-refractivity contribution is -0.305. The second-order valence-corrected chi connectivity index (χ2v) is 15.1. The first-order valence-electron chi connectivity index (χ1n) is 22.7. The van der Waals surface area contributed by atoms with Crippen LogP contribution in [0.4, 0.5) is 0 Å². The first-order chi connectivity index (χ1) is 28.8. The molecule has 1 heterocycles. The molecule has 1 aliphatic heterocycles. The number of aliphatic hydroxyl groups is 4. The molecule has 0 aliphatic carbocycles. The van der Waals surface area contributed by atoms with Crippen LogP contribution in [0, 0.1) is 0 Å². The Balaban J connectivity index is 2.40. The van der Waals surface area contributed by atoms with Gasteiger partial charge in [-0.2, -0.15) is 0 Å². The number of carbonyl (C=O) groups excluding carboxylic acids is 2. The molecule has 59 heavy (non-hydrogen) atoms. The van der Waals surface area contributed by atoms with Gasteiger partial charge in [0.05, 0.1) is 13.2 Å². The maximum Gasteiger partial charge on any atom is 0.306 e. The van der Waals surface area contributed by atoms with Gasteiger partial charge in [-0.3, -0.25) is 9.59 Å². The molecule has 336 valence electrons. The monoisotopic (exact) mass is 829 g/mol. The van der Waals surface area contributed by atoms with E-state index in [9.17, 15) is 30.0 Å². The molecule has 1 saturated heterocycles. The van der Waals surface area contributed by atoms with Crippen molar-refractivity contribution in [2.45, 2.75) is 192 Å². The highest BCUT2D eigenvalue weighted by Gasteiger charge is 2.44. The van der Waals surface area contributed by atoms with Gasteiger partial charge in [-0.05, 0) is 83.5 Å². The minimum Gasteiger partial charge on any atom is -0.462 e. The van der Waals surface area contributed by atoms with E-state index in [-0.39, 0.29) is 26.1 Å². The summed E-state index contributed by atoms with van der Waals surface area (Å²) in [5.41, 5.74) is 0. The Labute approximate surface area is 356 Å².